The molecule has 1 saturated heterocycles. The molecule has 4 aliphatic heterocycles. The van der Waals surface area contributed by atoms with Crippen molar-refractivity contribution in [2.24, 2.45) is 0 Å². The lowest BCUT2D eigenvalue weighted by atomic mass is 9.68. The number of hydrogen-bond acceptors (Lipinski definition) is 4. The van der Waals surface area contributed by atoms with Gasteiger partial charge in [-0.2, -0.15) is 0 Å². The first kappa shape index (κ1) is 23.5. The quantitative estimate of drug-likeness (QED) is 0.624. The van der Waals surface area contributed by atoms with Crippen LogP contribution in [-0.2, 0) is 19.8 Å². The number of pyridine rings is 1. The van der Waals surface area contributed by atoms with Crippen LogP contribution in [0.15, 0.2) is 18.3 Å². The molecule has 7 heteroatoms. The lowest BCUT2D eigenvalue weighted by Gasteiger charge is -2.44. The lowest BCUT2D eigenvalue weighted by molar-refractivity contribution is -0.135. The summed E-state index contributed by atoms with van der Waals surface area (Å²) < 4.78 is 0. The van der Waals surface area contributed by atoms with Gasteiger partial charge in [-0.25, -0.2) is 4.98 Å². The highest BCUT2D eigenvalue weighted by molar-refractivity contribution is 5.94. The van der Waals surface area contributed by atoms with Gasteiger partial charge in [0.25, 0.3) is 0 Å². The third kappa shape index (κ3) is 6.01. The Morgan fingerprint density at radius 2 is 1.67 bits per heavy atom. The van der Waals surface area contributed by atoms with Crippen molar-refractivity contribution >= 4 is 29.6 Å². The molecule has 4 aliphatic rings. The van der Waals surface area contributed by atoms with Gasteiger partial charge in [0.1, 0.15) is 5.82 Å². The van der Waals surface area contributed by atoms with E-state index in [-0.39, 0.29) is 36.0 Å². The number of carbonyl (C=O) groups excluding carboxylic acids is 3. The molecular weight excluding hydrogens is 416 g/mol. The van der Waals surface area contributed by atoms with Crippen molar-refractivity contribution in [2.75, 3.05) is 25.0 Å². The fourth-order valence-electron chi connectivity index (χ4n) is 5.29. The Hall–Kier alpha value is -2.70. The molecule has 7 nitrogen and oxygen atoms in total. The third-order valence-electron chi connectivity index (χ3n) is 7.31. The van der Waals surface area contributed by atoms with E-state index in [1.165, 1.54) is 25.7 Å². The maximum atomic E-state index is 12.7. The van der Waals surface area contributed by atoms with Crippen LogP contribution in [0.1, 0.15) is 88.2 Å². The van der Waals surface area contributed by atoms with Crippen LogP contribution >= 0.6 is 0 Å². The van der Waals surface area contributed by atoms with E-state index in [1.807, 2.05) is 11.1 Å². The van der Waals surface area contributed by atoms with E-state index in [0.717, 1.165) is 43.2 Å². The molecule has 0 atom stereocenters. The Labute approximate surface area is 196 Å². The van der Waals surface area contributed by atoms with Gasteiger partial charge in [-0.3, -0.25) is 14.4 Å². The minimum absolute atomic E-state index is 0.00354. The monoisotopic (exact) mass is 452 g/mol. The van der Waals surface area contributed by atoms with Crippen LogP contribution in [0.5, 0.6) is 0 Å². The average molecular weight is 453 g/mol. The molecule has 33 heavy (non-hydrogen) atoms. The molecule has 178 valence electrons. The van der Waals surface area contributed by atoms with E-state index in [1.54, 1.807) is 0 Å². The Bertz CT molecular complexity index is 903. The van der Waals surface area contributed by atoms with Crippen LogP contribution < -0.4 is 10.6 Å². The number of nitrogens with zero attached hydrogens (tertiary/aromatic N) is 2. The first-order valence-corrected chi connectivity index (χ1v) is 12.6. The molecule has 5 heterocycles. The molecule has 1 spiro atoms. The standard InChI is InChI=1S/C26H36N4O3/c31-22-10-11-24(33)30-15-12-26(13-16-30)18-23(32)29-25-21(26)17-20(19-28-25)9-7-5-3-1-2-4-6-8-14-27-22/h7,9,17,19H,1-6,8,10-16,18H2,(H,27,31)(H,28,29,32). The van der Waals surface area contributed by atoms with Gasteiger partial charge in [0, 0.05) is 56.1 Å². The number of hydrogen-bond donors (Lipinski definition) is 2. The van der Waals surface area contributed by atoms with Gasteiger partial charge in [0.2, 0.25) is 17.7 Å². The zero-order valence-electron chi connectivity index (χ0n) is 19.5. The largest absolute Gasteiger partial charge is 0.356 e. The van der Waals surface area contributed by atoms with Crippen molar-refractivity contribution in [2.45, 2.75) is 82.5 Å². The Balaban J connectivity index is 1.50. The summed E-state index contributed by atoms with van der Waals surface area (Å²) in [6.07, 6.45) is 16.5. The number of nitrogens with one attached hydrogen (secondary N) is 2. The van der Waals surface area contributed by atoms with Crippen molar-refractivity contribution in [1.29, 1.82) is 0 Å². The van der Waals surface area contributed by atoms with Crippen LogP contribution in [0.3, 0.4) is 0 Å². The number of anilines is 1. The minimum Gasteiger partial charge on any atom is -0.356 e. The topological polar surface area (TPSA) is 91.4 Å². The molecule has 2 N–H and O–H groups in total. The first-order valence-electron chi connectivity index (χ1n) is 12.6. The van der Waals surface area contributed by atoms with Gasteiger partial charge in [-0.15, -0.1) is 0 Å². The van der Waals surface area contributed by atoms with E-state index >= 15 is 0 Å². The summed E-state index contributed by atoms with van der Waals surface area (Å²) >= 11 is 0. The number of rotatable bonds is 0. The second-order valence-electron chi connectivity index (χ2n) is 9.71. The molecule has 5 rings (SSSR count). The minimum atomic E-state index is -0.278. The highest BCUT2D eigenvalue weighted by Crippen LogP contribution is 2.44. The average Bonchev–Trinajstić information content (AvgIpc) is 2.81. The summed E-state index contributed by atoms with van der Waals surface area (Å²) in [6.45, 7) is 1.90. The Morgan fingerprint density at radius 1 is 0.909 bits per heavy atom. The van der Waals surface area contributed by atoms with Crippen molar-refractivity contribution in [3.05, 3.63) is 29.5 Å². The van der Waals surface area contributed by atoms with E-state index in [9.17, 15) is 14.4 Å². The maximum absolute atomic E-state index is 12.7. The van der Waals surface area contributed by atoms with Gasteiger partial charge in [0.15, 0.2) is 0 Å². The number of carbonyl (C=O) groups is 3. The van der Waals surface area contributed by atoms with Crippen molar-refractivity contribution in [3.63, 3.8) is 0 Å². The zero-order valence-corrected chi connectivity index (χ0v) is 19.5. The second-order valence-corrected chi connectivity index (χ2v) is 9.71. The van der Waals surface area contributed by atoms with Crippen molar-refractivity contribution in [3.8, 4) is 0 Å². The van der Waals surface area contributed by atoms with Gasteiger partial charge in [-0.05, 0) is 43.7 Å². The first-order chi connectivity index (χ1) is 16.1. The molecule has 1 aromatic rings. The summed E-state index contributed by atoms with van der Waals surface area (Å²) in [6, 6.07) is 2.17. The van der Waals surface area contributed by atoms with Gasteiger partial charge < -0.3 is 15.5 Å². The number of aromatic nitrogens is 1. The molecule has 4 bridgehead atoms. The number of amides is 3. The summed E-state index contributed by atoms with van der Waals surface area (Å²) in [7, 11) is 0. The van der Waals surface area contributed by atoms with Gasteiger partial charge in [0.05, 0.1) is 0 Å². The van der Waals surface area contributed by atoms with E-state index in [0.29, 0.717) is 31.9 Å². The van der Waals surface area contributed by atoms with Crippen LogP contribution in [0.4, 0.5) is 5.82 Å². The fraction of sp³-hybridized carbons (Fsp3) is 0.615. The Kier molecular flexibility index (Phi) is 7.78. The third-order valence-corrected chi connectivity index (χ3v) is 7.31. The molecule has 0 aliphatic carbocycles. The molecule has 0 saturated carbocycles. The molecule has 1 aromatic heterocycles. The number of fused-ring (bicyclic) bond motifs is 15. The Morgan fingerprint density at radius 3 is 2.48 bits per heavy atom. The molecule has 0 unspecified atom stereocenters. The van der Waals surface area contributed by atoms with Gasteiger partial charge >= 0.3 is 0 Å². The van der Waals surface area contributed by atoms with E-state index in [4.69, 9.17) is 0 Å². The molecule has 0 radical (unpaired) electrons. The second kappa shape index (κ2) is 10.9. The summed E-state index contributed by atoms with van der Waals surface area (Å²) in [5.41, 5.74) is 1.88. The molecule has 1 fully saturated rings. The molecule has 3 amide bonds. The zero-order chi connectivity index (χ0) is 23.1. The molecule has 0 aromatic carbocycles. The highest BCUT2D eigenvalue weighted by atomic mass is 16.2. The number of allylic oxidation sites excluding steroid dienone is 1. The normalized spacial score (nSPS) is 22.7. The van der Waals surface area contributed by atoms with Gasteiger partial charge in [-0.1, -0.05) is 37.8 Å². The summed E-state index contributed by atoms with van der Waals surface area (Å²) in [5.74, 6) is 0.644. The summed E-state index contributed by atoms with van der Waals surface area (Å²) in [5, 5.41) is 5.89. The van der Waals surface area contributed by atoms with Crippen LogP contribution in [-0.4, -0.2) is 47.2 Å². The summed E-state index contributed by atoms with van der Waals surface area (Å²) in [4.78, 5) is 43.7. The van der Waals surface area contributed by atoms with E-state index < -0.39 is 0 Å². The van der Waals surface area contributed by atoms with Crippen molar-refractivity contribution < 1.29 is 14.4 Å². The van der Waals surface area contributed by atoms with Crippen LogP contribution in [0.2, 0.25) is 0 Å². The maximum Gasteiger partial charge on any atom is 0.226 e. The van der Waals surface area contributed by atoms with Crippen LogP contribution in [0.25, 0.3) is 6.08 Å². The number of piperidine rings is 1. The van der Waals surface area contributed by atoms with Crippen LogP contribution in [0, 0.1) is 0 Å². The van der Waals surface area contributed by atoms with E-state index in [2.05, 4.69) is 33.8 Å². The van der Waals surface area contributed by atoms with Crippen molar-refractivity contribution in [1.82, 2.24) is 15.2 Å². The predicted molar refractivity (Wildman–Crippen MR) is 129 cm³/mol. The highest BCUT2D eigenvalue weighted by Gasteiger charge is 2.43. The lowest BCUT2D eigenvalue weighted by Crippen LogP contribution is -2.48. The smallest absolute Gasteiger partial charge is 0.226 e. The predicted octanol–water partition coefficient (Wildman–Crippen LogP) is 3.94. The SMILES string of the molecule is O=C1CCC(=O)N2CCC3(CC2)CC(=O)Nc2ncc(cc23)C=CCCCCCCCCN1. The molecular formula is C26H36N4O3. The fourth-order valence-corrected chi connectivity index (χ4v) is 5.29.